The van der Waals surface area contributed by atoms with Gasteiger partial charge in [0, 0.05) is 7.05 Å². The van der Waals surface area contributed by atoms with E-state index in [1.165, 1.54) is 7.05 Å². The van der Waals surface area contributed by atoms with Gasteiger partial charge in [-0.15, -0.1) is 0 Å². The van der Waals surface area contributed by atoms with Crippen LogP contribution in [0.4, 0.5) is 5.69 Å². The Morgan fingerprint density at radius 2 is 2.12 bits per heavy atom. The number of nitrogens with one attached hydrogen (secondary N) is 2. The Balaban J connectivity index is 2.92. The zero-order valence-corrected chi connectivity index (χ0v) is 9.41. The normalized spacial score (nSPS) is 10.5. The number of anilines is 1. The first-order chi connectivity index (χ1) is 7.59. The van der Waals surface area contributed by atoms with Crippen molar-refractivity contribution in [2.45, 2.75) is 0 Å². The SMILES string of the molecule is CNS(=O)(=O)Nc1ccccc1OCC#N. The van der Waals surface area contributed by atoms with E-state index in [0.29, 0.717) is 5.75 Å². The molecule has 0 spiro atoms. The molecule has 1 aromatic rings. The van der Waals surface area contributed by atoms with Crippen molar-refractivity contribution < 1.29 is 13.2 Å². The molecule has 0 unspecified atom stereocenters. The van der Waals surface area contributed by atoms with Gasteiger partial charge in [-0.2, -0.15) is 13.7 Å². The molecule has 0 atom stereocenters. The number of nitrogens with zero attached hydrogens (tertiary/aromatic N) is 1. The summed E-state index contributed by atoms with van der Waals surface area (Å²) >= 11 is 0. The highest BCUT2D eigenvalue weighted by molar-refractivity contribution is 7.90. The van der Waals surface area contributed by atoms with Crippen LogP contribution in [0.15, 0.2) is 24.3 Å². The zero-order chi connectivity index (χ0) is 12.0. The number of hydrogen-bond donors (Lipinski definition) is 2. The Labute approximate surface area is 94.0 Å². The minimum absolute atomic E-state index is 0.141. The van der Waals surface area contributed by atoms with E-state index in [4.69, 9.17) is 10.00 Å². The Morgan fingerprint density at radius 1 is 1.44 bits per heavy atom. The Bertz CT molecular complexity index is 493. The first-order valence-electron chi connectivity index (χ1n) is 4.39. The fourth-order valence-electron chi connectivity index (χ4n) is 0.983. The molecular formula is C9H11N3O3S. The largest absolute Gasteiger partial charge is 0.477 e. The van der Waals surface area contributed by atoms with Crippen molar-refractivity contribution >= 4 is 15.9 Å². The van der Waals surface area contributed by atoms with Crippen LogP contribution >= 0.6 is 0 Å². The van der Waals surface area contributed by atoms with E-state index < -0.39 is 10.2 Å². The number of rotatable bonds is 5. The second-order valence-corrected chi connectivity index (χ2v) is 4.37. The molecule has 0 fully saturated rings. The summed E-state index contributed by atoms with van der Waals surface area (Å²) in [6.45, 7) is -0.141. The van der Waals surface area contributed by atoms with E-state index >= 15 is 0 Å². The van der Waals surface area contributed by atoms with E-state index in [-0.39, 0.29) is 12.3 Å². The van der Waals surface area contributed by atoms with E-state index in [9.17, 15) is 8.42 Å². The predicted molar refractivity (Wildman–Crippen MR) is 59.2 cm³/mol. The predicted octanol–water partition coefficient (Wildman–Crippen LogP) is 0.465. The van der Waals surface area contributed by atoms with Crippen LogP contribution in [-0.4, -0.2) is 22.1 Å². The van der Waals surface area contributed by atoms with Crippen molar-refractivity contribution in [1.29, 1.82) is 5.26 Å². The Hall–Kier alpha value is -1.78. The van der Waals surface area contributed by atoms with Gasteiger partial charge in [-0.05, 0) is 12.1 Å². The third-order valence-corrected chi connectivity index (χ3v) is 2.72. The summed E-state index contributed by atoms with van der Waals surface area (Å²) in [5, 5.41) is 8.37. The van der Waals surface area contributed by atoms with Gasteiger partial charge in [0.2, 0.25) is 0 Å². The number of ether oxygens (including phenoxy) is 1. The maximum absolute atomic E-state index is 11.3. The highest BCUT2D eigenvalue weighted by Gasteiger charge is 2.10. The van der Waals surface area contributed by atoms with Crippen molar-refractivity contribution in [3.8, 4) is 11.8 Å². The van der Waals surface area contributed by atoms with Gasteiger partial charge in [0.05, 0.1) is 5.69 Å². The van der Waals surface area contributed by atoms with Gasteiger partial charge < -0.3 is 4.74 Å². The maximum atomic E-state index is 11.3. The molecular weight excluding hydrogens is 230 g/mol. The van der Waals surface area contributed by atoms with Crippen molar-refractivity contribution in [3.63, 3.8) is 0 Å². The fraction of sp³-hybridized carbons (Fsp3) is 0.222. The monoisotopic (exact) mass is 241 g/mol. The van der Waals surface area contributed by atoms with E-state index in [0.717, 1.165) is 0 Å². The summed E-state index contributed by atoms with van der Waals surface area (Å²) in [5.41, 5.74) is 0.284. The minimum Gasteiger partial charge on any atom is -0.477 e. The zero-order valence-electron chi connectivity index (χ0n) is 8.60. The summed E-state index contributed by atoms with van der Waals surface area (Å²) in [6, 6.07) is 8.27. The van der Waals surface area contributed by atoms with Gasteiger partial charge in [-0.3, -0.25) is 4.72 Å². The van der Waals surface area contributed by atoms with Gasteiger partial charge in [0.1, 0.15) is 11.8 Å². The summed E-state index contributed by atoms with van der Waals surface area (Å²) in [5.74, 6) is 0.308. The van der Waals surface area contributed by atoms with Crippen LogP contribution < -0.4 is 14.2 Å². The lowest BCUT2D eigenvalue weighted by atomic mass is 10.3. The standard InChI is InChI=1S/C9H11N3O3S/c1-11-16(13,14)12-8-4-2-3-5-9(8)15-7-6-10/h2-5,11-12H,7H2,1H3. The summed E-state index contributed by atoms with van der Waals surface area (Å²) in [7, 11) is -2.29. The highest BCUT2D eigenvalue weighted by atomic mass is 32.2. The molecule has 86 valence electrons. The van der Waals surface area contributed by atoms with Crippen LogP contribution in [-0.2, 0) is 10.2 Å². The van der Waals surface area contributed by atoms with Crippen LogP contribution in [0.1, 0.15) is 0 Å². The van der Waals surface area contributed by atoms with Crippen LogP contribution in [0.25, 0.3) is 0 Å². The van der Waals surface area contributed by atoms with Gasteiger partial charge in [0.15, 0.2) is 6.61 Å². The molecule has 0 saturated heterocycles. The van der Waals surface area contributed by atoms with Crippen LogP contribution in [0.3, 0.4) is 0 Å². The molecule has 0 heterocycles. The van der Waals surface area contributed by atoms with Crippen LogP contribution in [0, 0.1) is 11.3 Å². The van der Waals surface area contributed by atoms with Gasteiger partial charge >= 0.3 is 0 Å². The fourth-order valence-corrected chi connectivity index (χ4v) is 1.54. The summed E-state index contributed by atoms with van der Waals surface area (Å²) in [6.07, 6.45) is 0. The lowest BCUT2D eigenvalue weighted by Crippen LogP contribution is -2.26. The van der Waals surface area contributed by atoms with Crippen LogP contribution in [0.5, 0.6) is 5.75 Å². The van der Waals surface area contributed by atoms with Crippen molar-refractivity contribution in [2.24, 2.45) is 0 Å². The van der Waals surface area contributed by atoms with Gasteiger partial charge in [-0.1, -0.05) is 12.1 Å². The number of nitriles is 1. The molecule has 0 aliphatic heterocycles. The van der Waals surface area contributed by atoms with Gasteiger partial charge in [0.25, 0.3) is 10.2 Å². The molecule has 0 bridgehead atoms. The molecule has 7 heteroatoms. The first-order valence-corrected chi connectivity index (χ1v) is 5.87. The second kappa shape index (κ2) is 5.34. The number of hydrogen-bond acceptors (Lipinski definition) is 4. The van der Waals surface area contributed by atoms with Crippen molar-refractivity contribution in [1.82, 2.24) is 4.72 Å². The summed E-state index contributed by atoms with van der Waals surface area (Å²) in [4.78, 5) is 0. The molecule has 16 heavy (non-hydrogen) atoms. The smallest absolute Gasteiger partial charge is 0.298 e. The highest BCUT2D eigenvalue weighted by Crippen LogP contribution is 2.24. The molecule has 0 aromatic heterocycles. The molecule has 1 rings (SSSR count). The minimum atomic E-state index is -3.58. The van der Waals surface area contributed by atoms with Crippen molar-refractivity contribution in [3.05, 3.63) is 24.3 Å². The number of para-hydroxylation sites is 2. The molecule has 0 saturated carbocycles. The average molecular weight is 241 g/mol. The average Bonchev–Trinajstić information content (AvgIpc) is 2.27. The third kappa shape index (κ3) is 3.42. The molecule has 0 amide bonds. The van der Waals surface area contributed by atoms with E-state index in [2.05, 4.69) is 9.44 Å². The van der Waals surface area contributed by atoms with Crippen molar-refractivity contribution in [2.75, 3.05) is 18.4 Å². The maximum Gasteiger partial charge on any atom is 0.298 e. The second-order valence-electron chi connectivity index (χ2n) is 2.75. The Morgan fingerprint density at radius 3 is 2.75 bits per heavy atom. The molecule has 1 aromatic carbocycles. The third-order valence-electron chi connectivity index (χ3n) is 1.69. The summed E-state index contributed by atoms with van der Waals surface area (Å²) < 4.78 is 32.0. The Kier molecular flexibility index (Phi) is 4.10. The van der Waals surface area contributed by atoms with Crippen LogP contribution in [0.2, 0.25) is 0 Å². The molecule has 6 nitrogen and oxygen atoms in total. The number of benzene rings is 1. The first kappa shape index (κ1) is 12.3. The van der Waals surface area contributed by atoms with Gasteiger partial charge in [-0.25, -0.2) is 4.72 Å². The molecule has 0 radical (unpaired) electrons. The van der Waals surface area contributed by atoms with E-state index in [1.54, 1.807) is 30.3 Å². The quantitative estimate of drug-likeness (QED) is 0.783. The molecule has 2 N–H and O–H groups in total. The lowest BCUT2D eigenvalue weighted by Gasteiger charge is -2.10. The van der Waals surface area contributed by atoms with E-state index in [1.807, 2.05) is 0 Å². The lowest BCUT2D eigenvalue weighted by molar-refractivity contribution is 0.370. The molecule has 0 aliphatic carbocycles. The molecule has 0 aliphatic rings. The topological polar surface area (TPSA) is 91.2 Å².